The van der Waals surface area contributed by atoms with Crippen LogP contribution in [0.15, 0.2) is 66.7 Å². The zero-order valence-electron chi connectivity index (χ0n) is 22.7. The second-order valence-corrected chi connectivity index (χ2v) is 10.6. The average Bonchev–Trinajstić information content (AvgIpc) is 3.33. The van der Waals surface area contributed by atoms with E-state index < -0.39 is 5.82 Å². The van der Waals surface area contributed by atoms with Crippen LogP contribution in [0.2, 0.25) is 0 Å². The number of amides is 2. The van der Waals surface area contributed by atoms with E-state index in [0.717, 1.165) is 34.1 Å². The van der Waals surface area contributed by atoms with Crippen LogP contribution < -0.4 is 15.1 Å². The molecule has 206 valence electrons. The average molecular weight is 559 g/mol. The number of anilines is 3. The van der Waals surface area contributed by atoms with Crippen molar-refractivity contribution in [2.24, 2.45) is 0 Å². The SMILES string of the molecule is CCN(CCOC)c1cccc(C(=O)N2CCc3cc(C(=O)Nc4c(C)cccc4F)sc3-c3ccccc32)n1. The van der Waals surface area contributed by atoms with Gasteiger partial charge in [0.05, 0.1) is 22.9 Å². The van der Waals surface area contributed by atoms with Gasteiger partial charge in [0.25, 0.3) is 11.8 Å². The van der Waals surface area contributed by atoms with Crippen LogP contribution in [0.5, 0.6) is 0 Å². The number of hydrogen-bond acceptors (Lipinski definition) is 6. The first kappa shape index (κ1) is 27.5. The minimum absolute atomic E-state index is 0.180. The highest BCUT2D eigenvalue weighted by Crippen LogP contribution is 2.42. The van der Waals surface area contributed by atoms with Crippen LogP contribution in [0.25, 0.3) is 10.4 Å². The van der Waals surface area contributed by atoms with E-state index in [1.807, 2.05) is 49.4 Å². The summed E-state index contributed by atoms with van der Waals surface area (Å²) in [6.45, 7) is 6.22. The Morgan fingerprint density at radius 2 is 1.93 bits per heavy atom. The van der Waals surface area contributed by atoms with E-state index in [1.54, 1.807) is 37.1 Å². The zero-order chi connectivity index (χ0) is 28.2. The molecule has 0 fully saturated rings. The van der Waals surface area contributed by atoms with E-state index in [0.29, 0.717) is 42.3 Å². The Labute approximate surface area is 237 Å². The molecule has 0 saturated carbocycles. The Morgan fingerprint density at radius 1 is 1.12 bits per heavy atom. The maximum atomic E-state index is 14.3. The molecule has 7 nitrogen and oxygen atoms in total. The molecule has 1 N–H and O–H groups in total. The highest BCUT2D eigenvalue weighted by Gasteiger charge is 2.28. The Kier molecular flexibility index (Phi) is 8.23. The number of fused-ring (bicyclic) bond motifs is 3. The molecule has 0 unspecified atom stereocenters. The predicted molar refractivity (Wildman–Crippen MR) is 158 cm³/mol. The zero-order valence-corrected chi connectivity index (χ0v) is 23.6. The highest BCUT2D eigenvalue weighted by molar-refractivity contribution is 7.17. The van der Waals surface area contributed by atoms with Gasteiger partial charge in [0.1, 0.15) is 17.3 Å². The molecule has 0 atom stereocenters. The molecule has 9 heteroatoms. The van der Waals surface area contributed by atoms with Crippen molar-refractivity contribution in [2.45, 2.75) is 20.3 Å². The van der Waals surface area contributed by atoms with E-state index in [2.05, 4.69) is 10.2 Å². The van der Waals surface area contributed by atoms with Crippen molar-refractivity contribution in [1.29, 1.82) is 0 Å². The van der Waals surface area contributed by atoms with Crippen LogP contribution in [-0.2, 0) is 11.2 Å². The van der Waals surface area contributed by atoms with Crippen molar-refractivity contribution >= 4 is 40.3 Å². The van der Waals surface area contributed by atoms with E-state index >= 15 is 0 Å². The fourth-order valence-corrected chi connectivity index (χ4v) is 6.02. The number of pyridine rings is 1. The maximum Gasteiger partial charge on any atom is 0.276 e. The number of likely N-dealkylation sites (N-methyl/N-ethyl adjacent to an activating group) is 1. The third-order valence-corrected chi connectivity index (χ3v) is 8.22. The van der Waals surface area contributed by atoms with Gasteiger partial charge in [-0.05, 0) is 61.7 Å². The summed E-state index contributed by atoms with van der Waals surface area (Å²) in [4.78, 5) is 36.9. The molecule has 0 saturated heterocycles. The number of rotatable bonds is 8. The number of carbonyl (C=O) groups excluding carboxylic acids is 2. The number of nitrogens with zero attached hydrogens (tertiary/aromatic N) is 3. The lowest BCUT2D eigenvalue weighted by molar-refractivity contribution is 0.0981. The fraction of sp³-hybridized carbons (Fsp3) is 0.258. The molecule has 2 aromatic heterocycles. The number of ether oxygens (including phenoxy) is 1. The van der Waals surface area contributed by atoms with E-state index in [9.17, 15) is 14.0 Å². The summed E-state index contributed by atoms with van der Waals surface area (Å²) in [5.74, 6) is -0.273. The molecule has 0 aliphatic carbocycles. The molecular formula is C31H31FN4O3S. The molecule has 3 heterocycles. The standard InChI is InChI=1S/C31H31FN4O3S/c1-4-35(17-18-39-3)27-14-8-12-24(33-27)31(38)36-16-15-21-19-26(40-29(21)22-10-5-6-13-25(22)36)30(37)34-28-20(2)9-7-11-23(28)32/h5-14,19H,4,15-18H2,1-3H3,(H,34,37). The predicted octanol–water partition coefficient (Wildman–Crippen LogP) is 6.19. The molecule has 5 rings (SSSR count). The van der Waals surface area contributed by atoms with Gasteiger partial charge in [-0.25, -0.2) is 9.37 Å². The van der Waals surface area contributed by atoms with Crippen molar-refractivity contribution in [3.63, 3.8) is 0 Å². The van der Waals surface area contributed by atoms with Gasteiger partial charge in [0.2, 0.25) is 0 Å². The van der Waals surface area contributed by atoms with Crippen molar-refractivity contribution in [2.75, 3.05) is 48.5 Å². The molecule has 0 spiro atoms. The van der Waals surface area contributed by atoms with Gasteiger partial charge in [-0.1, -0.05) is 36.4 Å². The molecule has 40 heavy (non-hydrogen) atoms. The van der Waals surface area contributed by atoms with Gasteiger partial charge in [-0.15, -0.1) is 11.3 Å². The molecule has 0 radical (unpaired) electrons. The summed E-state index contributed by atoms with van der Waals surface area (Å²) in [5, 5.41) is 2.74. The number of nitrogens with one attached hydrogen (secondary N) is 1. The first-order chi connectivity index (χ1) is 19.4. The normalized spacial score (nSPS) is 12.3. The number of thiophene rings is 1. The van der Waals surface area contributed by atoms with Crippen LogP contribution in [-0.4, -0.2) is 50.1 Å². The third-order valence-electron chi connectivity index (χ3n) is 7.01. The van der Waals surface area contributed by atoms with Gasteiger partial charge in [-0.3, -0.25) is 9.59 Å². The minimum atomic E-state index is -0.468. The topological polar surface area (TPSA) is 74.8 Å². The summed E-state index contributed by atoms with van der Waals surface area (Å²) in [6, 6.07) is 19.8. The van der Waals surface area contributed by atoms with Gasteiger partial charge in [0, 0.05) is 37.2 Å². The molecular weight excluding hydrogens is 527 g/mol. The molecule has 1 aliphatic rings. The summed E-state index contributed by atoms with van der Waals surface area (Å²) in [5.41, 5.74) is 3.83. The number of aromatic nitrogens is 1. The van der Waals surface area contributed by atoms with Crippen LogP contribution in [0.4, 0.5) is 21.6 Å². The molecule has 2 aromatic carbocycles. The van der Waals surface area contributed by atoms with Crippen LogP contribution in [0, 0.1) is 12.7 Å². The second kappa shape index (κ2) is 12.0. The monoisotopic (exact) mass is 558 g/mol. The molecule has 0 bridgehead atoms. The Balaban J connectivity index is 1.44. The summed E-state index contributed by atoms with van der Waals surface area (Å²) in [6.07, 6.45) is 0.562. The summed E-state index contributed by atoms with van der Waals surface area (Å²) in [7, 11) is 1.66. The largest absolute Gasteiger partial charge is 0.383 e. The minimum Gasteiger partial charge on any atom is -0.383 e. The molecule has 4 aromatic rings. The van der Waals surface area contributed by atoms with Crippen LogP contribution in [0.3, 0.4) is 0 Å². The lowest BCUT2D eigenvalue weighted by Gasteiger charge is -2.25. The Morgan fingerprint density at radius 3 is 2.70 bits per heavy atom. The van der Waals surface area contributed by atoms with Crippen molar-refractivity contribution in [3.05, 3.63) is 94.2 Å². The third kappa shape index (κ3) is 5.48. The van der Waals surface area contributed by atoms with Crippen molar-refractivity contribution in [1.82, 2.24) is 4.98 Å². The van der Waals surface area contributed by atoms with Gasteiger partial charge < -0.3 is 19.9 Å². The number of benzene rings is 2. The number of aryl methyl sites for hydroxylation is 1. The maximum absolute atomic E-state index is 14.3. The number of halogens is 1. The number of hydrogen-bond donors (Lipinski definition) is 1. The van der Waals surface area contributed by atoms with Gasteiger partial charge in [0.15, 0.2) is 0 Å². The van der Waals surface area contributed by atoms with Crippen LogP contribution in [0.1, 0.15) is 38.2 Å². The van der Waals surface area contributed by atoms with E-state index in [1.165, 1.54) is 17.4 Å². The quantitative estimate of drug-likeness (QED) is 0.279. The van der Waals surface area contributed by atoms with E-state index in [4.69, 9.17) is 9.72 Å². The molecule has 1 aliphatic heterocycles. The van der Waals surface area contributed by atoms with Crippen LogP contribution >= 0.6 is 11.3 Å². The number of methoxy groups -OCH3 is 1. The lowest BCUT2D eigenvalue weighted by atomic mass is 10.1. The number of carbonyl (C=O) groups is 2. The van der Waals surface area contributed by atoms with Crippen molar-refractivity contribution in [3.8, 4) is 10.4 Å². The van der Waals surface area contributed by atoms with Gasteiger partial charge in [-0.2, -0.15) is 0 Å². The first-order valence-electron chi connectivity index (χ1n) is 13.2. The van der Waals surface area contributed by atoms with Crippen molar-refractivity contribution < 1.29 is 18.7 Å². The Bertz CT molecular complexity index is 1530. The smallest absolute Gasteiger partial charge is 0.276 e. The summed E-state index contributed by atoms with van der Waals surface area (Å²) < 4.78 is 19.6. The first-order valence-corrected chi connectivity index (χ1v) is 14.0. The Hall–Kier alpha value is -4.08. The van der Waals surface area contributed by atoms with E-state index in [-0.39, 0.29) is 17.5 Å². The molecule has 2 amide bonds. The lowest BCUT2D eigenvalue weighted by Crippen LogP contribution is -2.34. The number of para-hydroxylation sites is 2. The van der Waals surface area contributed by atoms with Gasteiger partial charge >= 0.3 is 0 Å². The fourth-order valence-electron chi connectivity index (χ4n) is 4.88. The second-order valence-electron chi connectivity index (χ2n) is 9.53. The summed E-state index contributed by atoms with van der Waals surface area (Å²) >= 11 is 1.35. The highest BCUT2D eigenvalue weighted by atomic mass is 32.1.